The Morgan fingerprint density at radius 3 is 2.74 bits per heavy atom. The maximum atomic E-state index is 15.1. The summed E-state index contributed by atoms with van der Waals surface area (Å²) in [7, 11) is 1.88. The van der Waals surface area contributed by atoms with Crippen molar-refractivity contribution in [1.29, 1.82) is 0 Å². The summed E-state index contributed by atoms with van der Waals surface area (Å²) in [6.45, 7) is 11.3. The molecule has 0 saturated carbocycles. The summed E-state index contributed by atoms with van der Waals surface area (Å²) in [5.41, 5.74) is -1.13. The number of piperidine rings is 1. The van der Waals surface area contributed by atoms with Crippen LogP contribution in [0, 0.1) is 17.2 Å². The molecule has 0 bridgehead atoms. The highest BCUT2D eigenvalue weighted by molar-refractivity contribution is 6.30. The molecule has 2 rings (SSSR count). The van der Waals surface area contributed by atoms with Crippen LogP contribution in [0.4, 0.5) is 9.18 Å². The Morgan fingerprint density at radius 2 is 2.09 bits per heavy atom. The summed E-state index contributed by atoms with van der Waals surface area (Å²) < 4.78 is 20.6. The molecule has 3 atom stereocenters. The van der Waals surface area contributed by atoms with Gasteiger partial charge in [0.05, 0.1) is 10.6 Å². The molecule has 200 valence electrons. The quantitative estimate of drug-likeness (QED) is 0.331. The molecule has 8 heteroatoms. The number of aliphatic hydroxyl groups is 1. The number of carbonyl (C=O) groups is 1. The lowest BCUT2D eigenvalue weighted by atomic mass is 9.74. The zero-order valence-corrected chi connectivity index (χ0v) is 22.9. The Bertz CT molecular complexity index is 804. The lowest BCUT2D eigenvalue weighted by molar-refractivity contribution is -0.0589. The van der Waals surface area contributed by atoms with E-state index in [2.05, 4.69) is 31.4 Å². The summed E-state index contributed by atoms with van der Waals surface area (Å²) in [6, 6.07) is 4.65. The molecule has 0 radical (unpaired) electrons. The van der Waals surface area contributed by atoms with Crippen LogP contribution < -0.4 is 10.6 Å². The summed E-state index contributed by atoms with van der Waals surface area (Å²) in [6.07, 6.45) is 4.13. The molecule has 0 aliphatic carbocycles. The van der Waals surface area contributed by atoms with Gasteiger partial charge in [0.2, 0.25) is 0 Å². The molecular formula is C27H45ClFN3O3. The van der Waals surface area contributed by atoms with Crippen molar-refractivity contribution in [2.24, 2.45) is 11.3 Å². The van der Waals surface area contributed by atoms with Gasteiger partial charge in [0.25, 0.3) is 0 Å². The molecule has 0 unspecified atom stereocenters. The molecule has 6 nitrogen and oxygen atoms in total. The molecule has 2 amide bonds. The van der Waals surface area contributed by atoms with Gasteiger partial charge in [0.1, 0.15) is 5.82 Å². The van der Waals surface area contributed by atoms with Gasteiger partial charge in [0, 0.05) is 50.4 Å². The first-order valence-electron chi connectivity index (χ1n) is 13.0. The number of benzene rings is 1. The van der Waals surface area contributed by atoms with Gasteiger partial charge in [0.15, 0.2) is 0 Å². The fourth-order valence-electron chi connectivity index (χ4n) is 5.12. The number of rotatable bonds is 12. The topological polar surface area (TPSA) is 73.8 Å². The van der Waals surface area contributed by atoms with Crippen LogP contribution in [0.5, 0.6) is 0 Å². The van der Waals surface area contributed by atoms with Crippen LogP contribution in [-0.2, 0) is 10.3 Å². The highest BCUT2D eigenvalue weighted by Gasteiger charge is 2.43. The highest BCUT2D eigenvalue weighted by atomic mass is 35.5. The first-order chi connectivity index (χ1) is 16.5. The van der Waals surface area contributed by atoms with Crippen molar-refractivity contribution < 1.29 is 19.0 Å². The molecule has 1 fully saturated rings. The maximum absolute atomic E-state index is 15.1. The molecule has 3 N–H and O–H groups in total. The summed E-state index contributed by atoms with van der Waals surface area (Å²) in [5, 5.41) is 18.3. The van der Waals surface area contributed by atoms with E-state index in [1.165, 1.54) is 6.07 Å². The van der Waals surface area contributed by atoms with E-state index >= 15 is 4.39 Å². The third kappa shape index (κ3) is 8.88. The number of hydrogen-bond acceptors (Lipinski definition) is 4. The molecular weight excluding hydrogens is 469 g/mol. The lowest BCUT2D eigenvalue weighted by Crippen LogP contribution is -2.54. The second-order valence-electron chi connectivity index (χ2n) is 10.9. The monoisotopic (exact) mass is 513 g/mol. The molecule has 0 aromatic heterocycles. The van der Waals surface area contributed by atoms with Crippen molar-refractivity contribution in [1.82, 2.24) is 15.5 Å². The van der Waals surface area contributed by atoms with Gasteiger partial charge in [-0.05, 0) is 64.0 Å². The number of nitrogens with one attached hydrogen (secondary N) is 2. The van der Waals surface area contributed by atoms with E-state index in [9.17, 15) is 9.90 Å². The van der Waals surface area contributed by atoms with Crippen molar-refractivity contribution >= 4 is 17.6 Å². The third-order valence-electron chi connectivity index (χ3n) is 6.74. The molecule has 35 heavy (non-hydrogen) atoms. The number of carbonyl (C=O) groups excluding carboxylic acids is 1. The summed E-state index contributed by atoms with van der Waals surface area (Å²) in [4.78, 5) is 15.0. The van der Waals surface area contributed by atoms with E-state index in [1.54, 1.807) is 17.0 Å². The van der Waals surface area contributed by atoms with Crippen LogP contribution in [0.2, 0.25) is 5.02 Å². The third-order valence-corrected chi connectivity index (χ3v) is 7.03. The van der Waals surface area contributed by atoms with E-state index < -0.39 is 11.4 Å². The van der Waals surface area contributed by atoms with Crippen molar-refractivity contribution in [3.05, 3.63) is 34.6 Å². The number of likely N-dealkylation sites (tertiary alicyclic amines) is 1. The first-order valence-corrected chi connectivity index (χ1v) is 13.3. The van der Waals surface area contributed by atoms with Crippen molar-refractivity contribution in [3.8, 4) is 0 Å². The highest BCUT2D eigenvalue weighted by Crippen LogP contribution is 2.42. The van der Waals surface area contributed by atoms with Crippen LogP contribution in [0.1, 0.15) is 71.8 Å². The standard InChI is InChI=1S/C27H45ClFN3O3/c1-6-35-16-8-7-14-27(34,22-12-9-13-23(28)24(22)29)20-11-10-15-32(19-20)25(33)31-21(18-30-5)17-26(2,3)4/h9,12-13,20-21,30,34H,6-8,10-11,14-19H2,1-5H3,(H,31,33)/t20-,21+,27-/m1/s1. The fraction of sp³-hybridized carbons (Fsp3) is 0.741. The normalized spacial score (nSPS) is 19.3. The number of nitrogens with zero attached hydrogens (tertiary/aromatic N) is 1. The number of amides is 2. The van der Waals surface area contributed by atoms with Crippen LogP contribution in [0.3, 0.4) is 0 Å². The SMILES string of the molecule is CCOCCCC[C@](O)(c1cccc(Cl)c1F)[C@@H]1CCCN(C(=O)N[C@H](CNC)CC(C)(C)C)C1. The number of likely N-dealkylation sites (N-methyl/N-ethyl adjacent to an activating group) is 1. The zero-order chi connectivity index (χ0) is 26.1. The summed E-state index contributed by atoms with van der Waals surface area (Å²) >= 11 is 6.09. The van der Waals surface area contributed by atoms with Gasteiger partial charge in [-0.1, -0.05) is 44.5 Å². The largest absolute Gasteiger partial charge is 0.385 e. The molecule has 1 aromatic carbocycles. The fourth-order valence-corrected chi connectivity index (χ4v) is 5.29. The number of urea groups is 1. The minimum absolute atomic E-state index is 0.00209. The van der Waals surface area contributed by atoms with Gasteiger partial charge in [-0.2, -0.15) is 0 Å². The molecule has 1 aliphatic rings. The average molecular weight is 514 g/mol. The van der Waals surface area contributed by atoms with Gasteiger partial charge < -0.3 is 25.4 Å². The molecule has 1 saturated heterocycles. The van der Waals surface area contributed by atoms with E-state index in [-0.39, 0.29) is 34.0 Å². The van der Waals surface area contributed by atoms with Gasteiger partial charge in [-0.15, -0.1) is 0 Å². The Morgan fingerprint density at radius 1 is 1.34 bits per heavy atom. The molecule has 1 heterocycles. The Hall–Kier alpha value is -1.41. The second kappa shape index (κ2) is 13.8. The number of halogens is 2. The average Bonchev–Trinajstić information content (AvgIpc) is 2.79. The Balaban J connectivity index is 2.20. The van der Waals surface area contributed by atoms with E-state index in [0.29, 0.717) is 52.1 Å². The zero-order valence-electron chi connectivity index (χ0n) is 22.1. The van der Waals surface area contributed by atoms with Crippen molar-refractivity contribution in [2.75, 3.05) is 39.9 Å². The number of unbranched alkanes of at least 4 members (excludes halogenated alkanes) is 1. The predicted octanol–water partition coefficient (Wildman–Crippen LogP) is 5.32. The van der Waals surface area contributed by atoms with Crippen LogP contribution >= 0.6 is 11.6 Å². The summed E-state index contributed by atoms with van der Waals surface area (Å²) in [5.74, 6) is -0.880. The first kappa shape index (κ1) is 29.8. The van der Waals surface area contributed by atoms with Crippen LogP contribution in [-0.4, -0.2) is 62.0 Å². The van der Waals surface area contributed by atoms with E-state index in [0.717, 1.165) is 19.3 Å². The van der Waals surface area contributed by atoms with Crippen molar-refractivity contribution in [2.45, 2.75) is 77.9 Å². The van der Waals surface area contributed by atoms with Gasteiger partial charge in [-0.25, -0.2) is 9.18 Å². The van der Waals surface area contributed by atoms with E-state index in [4.69, 9.17) is 16.3 Å². The Labute approximate surface area is 215 Å². The number of hydrogen-bond donors (Lipinski definition) is 3. The van der Waals surface area contributed by atoms with Crippen LogP contribution in [0.25, 0.3) is 0 Å². The maximum Gasteiger partial charge on any atom is 0.317 e. The van der Waals surface area contributed by atoms with E-state index in [1.807, 2.05) is 14.0 Å². The Kier molecular flexibility index (Phi) is 11.7. The van der Waals surface area contributed by atoms with Crippen LogP contribution in [0.15, 0.2) is 18.2 Å². The minimum atomic E-state index is -1.42. The predicted molar refractivity (Wildman–Crippen MR) is 140 cm³/mol. The molecule has 0 spiro atoms. The van der Waals surface area contributed by atoms with Gasteiger partial charge in [-0.3, -0.25) is 0 Å². The smallest absolute Gasteiger partial charge is 0.317 e. The number of ether oxygens (including phenoxy) is 1. The molecule has 1 aromatic rings. The minimum Gasteiger partial charge on any atom is -0.385 e. The van der Waals surface area contributed by atoms with Gasteiger partial charge >= 0.3 is 6.03 Å². The van der Waals surface area contributed by atoms with Crippen molar-refractivity contribution in [3.63, 3.8) is 0 Å². The molecule has 1 aliphatic heterocycles. The lowest BCUT2D eigenvalue weighted by Gasteiger charge is -2.43. The second-order valence-corrected chi connectivity index (χ2v) is 11.3.